The molecule has 2 rings (SSSR count). The molecule has 1 aromatic rings. The largest absolute Gasteiger partial charge is 0.492 e. The molecule has 2 N–H and O–H groups in total. The molecule has 0 aromatic heterocycles. The first-order valence-electron chi connectivity index (χ1n) is 7.77. The maximum absolute atomic E-state index is 10.7. The Labute approximate surface area is 132 Å². The standard InChI is InChI=1S/C17H26N2O3/c1-13-4-5-14(2)15(10-13)22-9-8-19-7-6-17(3,12-19)18-11-16(20)21/h4-5,10,18H,6-9,11-12H2,1-3H3,(H,20,21). The van der Waals surface area contributed by atoms with Crippen molar-refractivity contribution >= 4 is 5.97 Å². The zero-order valence-corrected chi connectivity index (χ0v) is 13.7. The lowest BCUT2D eigenvalue weighted by atomic mass is 10.0. The summed E-state index contributed by atoms with van der Waals surface area (Å²) in [6.07, 6.45) is 0.962. The van der Waals surface area contributed by atoms with Crippen molar-refractivity contribution in [3.05, 3.63) is 29.3 Å². The number of aliphatic carboxylic acids is 1. The first kappa shape index (κ1) is 16.8. The molecule has 5 nitrogen and oxygen atoms in total. The van der Waals surface area contributed by atoms with Crippen molar-refractivity contribution in [1.29, 1.82) is 0 Å². The maximum atomic E-state index is 10.7. The number of nitrogens with zero attached hydrogens (tertiary/aromatic N) is 1. The maximum Gasteiger partial charge on any atom is 0.317 e. The minimum atomic E-state index is -0.807. The molecule has 0 radical (unpaired) electrons. The van der Waals surface area contributed by atoms with Gasteiger partial charge in [0, 0.05) is 25.2 Å². The van der Waals surface area contributed by atoms with Gasteiger partial charge in [-0.3, -0.25) is 9.69 Å². The van der Waals surface area contributed by atoms with Crippen LogP contribution in [-0.2, 0) is 4.79 Å². The highest BCUT2D eigenvalue weighted by molar-refractivity contribution is 5.69. The van der Waals surface area contributed by atoms with Crippen molar-refractivity contribution in [2.24, 2.45) is 0 Å². The Morgan fingerprint density at radius 3 is 2.95 bits per heavy atom. The molecular formula is C17H26N2O3. The normalized spacial score (nSPS) is 22.0. The lowest BCUT2D eigenvalue weighted by molar-refractivity contribution is -0.136. The van der Waals surface area contributed by atoms with E-state index in [1.54, 1.807) is 0 Å². The second-order valence-corrected chi connectivity index (χ2v) is 6.45. The third-order valence-electron chi connectivity index (χ3n) is 4.23. The van der Waals surface area contributed by atoms with E-state index >= 15 is 0 Å². The molecule has 0 bridgehead atoms. The average Bonchev–Trinajstić information content (AvgIpc) is 2.83. The molecule has 1 aliphatic heterocycles. The van der Waals surface area contributed by atoms with Crippen LogP contribution in [-0.4, -0.2) is 54.3 Å². The summed E-state index contributed by atoms with van der Waals surface area (Å²) < 4.78 is 5.89. The van der Waals surface area contributed by atoms with Crippen LogP contribution >= 0.6 is 0 Å². The van der Waals surface area contributed by atoms with Crippen molar-refractivity contribution in [1.82, 2.24) is 10.2 Å². The van der Waals surface area contributed by atoms with Gasteiger partial charge in [-0.05, 0) is 44.4 Å². The lowest BCUT2D eigenvalue weighted by Gasteiger charge is -2.25. The SMILES string of the molecule is Cc1ccc(C)c(OCCN2CCC(C)(NCC(=O)O)C2)c1. The second-order valence-electron chi connectivity index (χ2n) is 6.45. The van der Waals surface area contributed by atoms with Crippen molar-refractivity contribution < 1.29 is 14.6 Å². The topological polar surface area (TPSA) is 61.8 Å². The molecule has 22 heavy (non-hydrogen) atoms. The highest BCUT2D eigenvalue weighted by Crippen LogP contribution is 2.21. The van der Waals surface area contributed by atoms with Gasteiger partial charge in [-0.25, -0.2) is 0 Å². The Morgan fingerprint density at radius 2 is 2.23 bits per heavy atom. The number of carboxylic acid groups (broad SMARTS) is 1. The molecule has 1 aliphatic rings. The fourth-order valence-corrected chi connectivity index (χ4v) is 2.83. The van der Waals surface area contributed by atoms with Crippen LogP contribution in [0.5, 0.6) is 5.75 Å². The fourth-order valence-electron chi connectivity index (χ4n) is 2.83. The molecule has 0 spiro atoms. The predicted octanol–water partition coefficient (Wildman–Crippen LogP) is 1.82. The number of rotatable bonds is 7. The number of benzene rings is 1. The van der Waals surface area contributed by atoms with Gasteiger partial charge in [0.05, 0.1) is 6.54 Å². The lowest BCUT2D eigenvalue weighted by Crippen LogP contribution is -2.47. The first-order chi connectivity index (χ1) is 10.4. The van der Waals surface area contributed by atoms with E-state index in [2.05, 4.69) is 49.2 Å². The summed E-state index contributed by atoms with van der Waals surface area (Å²) >= 11 is 0. The highest BCUT2D eigenvalue weighted by atomic mass is 16.5. The van der Waals surface area contributed by atoms with E-state index < -0.39 is 5.97 Å². The van der Waals surface area contributed by atoms with Gasteiger partial charge < -0.3 is 15.2 Å². The van der Waals surface area contributed by atoms with Crippen LogP contribution in [0.15, 0.2) is 18.2 Å². The Kier molecular flexibility index (Phi) is 5.42. The Bertz CT molecular complexity index is 533. The van der Waals surface area contributed by atoms with E-state index in [0.29, 0.717) is 6.61 Å². The summed E-state index contributed by atoms with van der Waals surface area (Å²) in [6, 6.07) is 6.23. The van der Waals surface area contributed by atoms with Gasteiger partial charge in [-0.1, -0.05) is 12.1 Å². The van der Waals surface area contributed by atoms with Crippen LogP contribution in [0.1, 0.15) is 24.5 Å². The predicted molar refractivity (Wildman–Crippen MR) is 86.5 cm³/mol. The number of aryl methyl sites for hydroxylation is 2. The van der Waals surface area contributed by atoms with Crippen LogP contribution in [0.3, 0.4) is 0 Å². The van der Waals surface area contributed by atoms with Gasteiger partial charge in [0.25, 0.3) is 0 Å². The van der Waals surface area contributed by atoms with Crippen LogP contribution in [0.4, 0.5) is 0 Å². The van der Waals surface area contributed by atoms with Crippen LogP contribution in [0.25, 0.3) is 0 Å². The van der Waals surface area contributed by atoms with Gasteiger partial charge >= 0.3 is 5.97 Å². The van der Waals surface area contributed by atoms with Gasteiger partial charge in [0.2, 0.25) is 0 Å². The minimum absolute atomic E-state index is 0.0172. The number of ether oxygens (including phenoxy) is 1. The van der Waals surface area contributed by atoms with Gasteiger partial charge in [-0.15, -0.1) is 0 Å². The Hall–Kier alpha value is -1.59. The first-order valence-corrected chi connectivity index (χ1v) is 7.77. The number of likely N-dealkylation sites (tertiary alicyclic amines) is 1. The molecule has 0 amide bonds. The molecule has 0 saturated carbocycles. The van der Waals surface area contributed by atoms with Gasteiger partial charge in [0.1, 0.15) is 12.4 Å². The summed E-state index contributed by atoms with van der Waals surface area (Å²) in [6.45, 7) is 9.56. The quantitative estimate of drug-likeness (QED) is 0.804. The van der Waals surface area contributed by atoms with E-state index in [1.165, 1.54) is 5.56 Å². The molecule has 122 valence electrons. The van der Waals surface area contributed by atoms with E-state index in [0.717, 1.165) is 37.4 Å². The zero-order valence-electron chi connectivity index (χ0n) is 13.7. The Morgan fingerprint density at radius 1 is 1.45 bits per heavy atom. The summed E-state index contributed by atoms with van der Waals surface area (Å²) in [7, 11) is 0. The van der Waals surface area contributed by atoms with E-state index in [-0.39, 0.29) is 12.1 Å². The number of carboxylic acids is 1. The van der Waals surface area contributed by atoms with E-state index in [9.17, 15) is 4.79 Å². The monoisotopic (exact) mass is 306 g/mol. The van der Waals surface area contributed by atoms with Gasteiger partial charge in [-0.2, -0.15) is 0 Å². The highest BCUT2D eigenvalue weighted by Gasteiger charge is 2.33. The van der Waals surface area contributed by atoms with Crippen molar-refractivity contribution in [3.63, 3.8) is 0 Å². The van der Waals surface area contributed by atoms with Crippen molar-refractivity contribution in [2.45, 2.75) is 32.7 Å². The van der Waals surface area contributed by atoms with E-state index in [1.807, 2.05) is 0 Å². The zero-order chi connectivity index (χ0) is 16.2. The molecular weight excluding hydrogens is 280 g/mol. The van der Waals surface area contributed by atoms with Gasteiger partial charge in [0.15, 0.2) is 0 Å². The summed E-state index contributed by atoms with van der Waals surface area (Å²) in [5, 5.41) is 11.9. The molecule has 1 atom stereocenters. The third kappa shape index (κ3) is 4.71. The molecule has 1 heterocycles. The Balaban J connectivity index is 1.76. The second kappa shape index (κ2) is 7.11. The summed E-state index contributed by atoms with van der Waals surface area (Å²) in [4.78, 5) is 13.0. The van der Waals surface area contributed by atoms with Crippen LogP contribution in [0.2, 0.25) is 0 Å². The van der Waals surface area contributed by atoms with Crippen LogP contribution in [0, 0.1) is 13.8 Å². The molecule has 1 saturated heterocycles. The van der Waals surface area contributed by atoms with Crippen LogP contribution < -0.4 is 10.1 Å². The summed E-state index contributed by atoms with van der Waals surface area (Å²) in [5.74, 6) is 0.142. The smallest absolute Gasteiger partial charge is 0.317 e. The number of nitrogens with one attached hydrogen (secondary N) is 1. The van der Waals surface area contributed by atoms with E-state index in [4.69, 9.17) is 9.84 Å². The molecule has 5 heteroatoms. The fraction of sp³-hybridized carbons (Fsp3) is 0.588. The number of hydrogen-bond donors (Lipinski definition) is 2. The minimum Gasteiger partial charge on any atom is -0.492 e. The molecule has 1 aromatic carbocycles. The molecule has 1 fully saturated rings. The molecule has 0 aliphatic carbocycles. The van der Waals surface area contributed by atoms with Crippen molar-refractivity contribution in [3.8, 4) is 5.75 Å². The third-order valence-corrected chi connectivity index (χ3v) is 4.23. The molecule has 1 unspecified atom stereocenters. The number of hydrogen-bond acceptors (Lipinski definition) is 4. The number of carbonyl (C=O) groups is 1. The average molecular weight is 306 g/mol. The van der Waals surface area contributed by atoms with Crippen molar-refractivity contribution in [2.75, 3.05) is 32.8 Å². The summed E-state index contributed by atoms with van der Waals surface area (Å²) in [5.41, 5.74) is 2.24.